The maximum atomic E-state index is 6.10. The first kappa shape index (κ1) is 21.8. The number of benzene rings is 4. The van der Waals surface area contributed by atoms with Crippen molar-refractivity contribution in [2.45, 2.75) is 6.42 Å². The van der Waals surface area contributed by atoms with Gasteiger partial charge in [0.1, 0.15) is 23.2 Å². The van der Waals surface area contributed by atoms with Gasteiger partial charge in [0.05, 0.1) is 6.16 Å². The van der Waals surface area contributed by atoms with Crippen LogP contribution in [-0.2, 0) is 6.42 Å². The minimum Gasteiger partial charge on any atom is -1.00 e. The minimum atomic E-state index is -1.76. The van der Waals surface area contributed by atoms with Crippen molar-refractivity contribution in [1.82, 2.24) is 0 Å². The highest BCUT2D eigenvalue weighted by atomic mass is 79.9. The molecule has 0 unspecified atom stereocenters. The lowest BCUT2D eigenvalue weighted by Crippen LogP contribution is -3.00. The average Bonchev–Trinajstić information content (AvgIpc) is 2.78. The molecule has 4 aromatic rings. The van der Waals surface area contributed by atoms with E-state index in [1.807, 2.05) is 12.1 Å². The van der Waals surface area contributed by atoms with Gasteiger partial charge in [-0.15, -0.1) is 0 Å². The summed E-state index contributed by atoms with van der Waals surface area (Å²) in [5, 5.41) is 5.09. The van der Waals surface area contributed by atoms with E-state index in [-0.39, 0.29) is 17.0 Å². The molecule has 0 N–H and O–H groups in total. The fourth-order valence-electron chi connectivity index (χ4n) is 3.83. The first-order valence-electron chi connectivity index (χ1n) is 9.58. The molecular formula is C26H23BrClP. The Bertz CT molecular complexity index is 906. The molecule has 0 aromatic heterocycles. The molecule has 0 heterocycles. The molecule has 0 nitrogen and oxygen atoms in total. The second-order valence-electron chi connectivity index (χ2n) is 6.92. The van der Waals surface area contributed by atoms with Gasteiger partial charge in [0.15, 0.2) is 0 Å². The molecule has 0 aliphatic carbocycles. The molecule has 0 fully saturated rings. The molecule has 0 saturated heterocycles. The van der Waals surface area contributed by atoms with Gasteiger partial charge in [0, 0.05) is 11.4 Å². The summed E-state index contributed by atoms with van der Waals surface area (Å²) >= 11 is 6.10. The van der Waals surface area contributed by atoms with E-state index in [4.69, 9.17) is 11.6 Å². The van der Waals surface area contributed by atoms with E-state index in [1.165, 1.54) is 21.5 Å². The number of rotatable bonds is 6. The third kappa shape index (κ3) is 4.81. The first-order valence-corrected chi connectivity index (χ1v) is 11.9. The van der Waals surface area contributed by atoms with Crippen LogP contribution in [0, 0.1) is 0 Å². The number of aryl methyl sites for hydroxylation is 1. The molecule has 0 bridgehead atoms. The zero-order valence-corrected chi connectivity index (χ0v) is 19.3. The summed E-state index contributed by atoms with van der Waals surface area (Å²) in [7, 11) is -1.76. The second kappa shape index (κ2) is 10.2. The van der Waals surface area contributed by atoms with Crippen molar-refractivity contribution in [3.05, 3.63) is 126 Å². The highest BCUT2D eigenvalue weighted by Crippen LogP contribution is 2.55. The average molecular weight is 482 g/mol. The van der Waals surface area contributed by atoms with E-state index in [0.717, 1.165) is 17.6 Å². The molecule has 146 valence electrons. The molecule has 0 atom stereocenters. The third-order valence-electron chi connectivity index (χ3n) is 5.24. The zero-order valence-electron chi connectivity index (χ0n) is 16.1. The molecule has 0 aliphatic heterocycles. The van der Waals surface area contributed by atoms with E-state index in [2.05, 4.69) is 103 Å². The third-order valence-corrected chi connectivity index (χ3v) is 9.93. The van der Waals surface area contributed by atoms with Crippen LogP contribution in [-0.4, -0.2) is 6.16 Å². The molecule has 4 aromatic carbocycles. The SMILES string of the molecule is Clc1ccc(CC[P+](c2ccccc2)(c2ccccc2)c2ccccc2)cc1.[Br-]. The lowest BCUT2D eigenvalue weighted by Gasteiger charge is -2.27. The fraction of sp³-hybridized carbons (Fsp3) is 0.0769. The summed E-state index contributed by atoms with van der Waals surface area (Å²) in [5.41, 5.74) is 1.33. The lowest BCUT2D eigenvalue weighted by atomic mass is 10.2. The van der Waals surface area contributed by atoms with E-state index in [9.17, 15) is 0 Å². The van der Waals surface area contributed by atoms with Crippen molar-refractivity contribution in [1.29, 1.82) is 0 Å². The van der Waals surface area contributed by atoms with Gasteiger partial charge in [0.2, 0.25) is 0 Å². The van der Waals surface area contributed by atoms with E-state index in [1.54, 1.807) is 0 Å². The predicted octanol–water partition coefficient (Wildman–Crippen LogP) is 2.88. The predicted molar refractivity (Wildman–Crippen MR) is 125 cm³/mol. The van der Waals surface area contributed by atoms with Crippen molar-refractivity contribution in [3.63, 3.8) is 0 Å². The van der Waals surface area contributed by atoms with Crippen LogP contribution in [0.4, 0.5) is 0 Å². The Labute approximate surface area is 189 Å². The van der Waals surface area contributed by atoms with Crippen molar-refractivity contribution >= 4 is 34.8 Å². The first-order chi connectivity index (χ1) is 13.8. The van der Waals surface area contributed by atoms with Crippen LogP contribution < -0.4 is 32.9 Å². The van der Waals surface area contributed by atoms with Gasteiger partial charge >= 0.3 is 0 Å². The Kier molecular flexibility index (Phi) is 7.67. The molecule has 4 rings (SSSR count). The van der Waals surface area contributed by atoms with E-state index >= 15 is 0 Å². The molecule has 0 aliphatic rings. The maximum absolute atomic E-state index is 6.10. The second-order valence-corrected chi connectivity index (χ2v) is 11.0. The number of halogens is 2. The molecule has 3 heteroatoms. The Morgan fingerprint density at radius 3 is 1.28 bits per heavy atom. The summed E-state index contributed by atoms with van der Waals surface area (Å²) in [6, 6.07) is 41.4. The van der Waals surface area contributed by atoms with Crippen LogP contribution in [0.25, 0.3) is 0 Å². The smallest absolute Gasteiger partial charge is 0.112 e. The Morgan fingerprint density at radius 2 is 0.897 bits per heavy atom. The quantitative estimate of drug-likeness (QED) is 0.372. The Hall–Kier alpha value is -1.92. The summed E-state index contributed by atoms with van der Waals surface area (Å²) < 4.78 is 0. The van der Waals surface area contributed by atoms with Gasteiger partial charge in [-0.2, -0.15) is 0 Å². The van der Waals surface area contributed by atoms with Crippen molar-refractivity contribution in [2.24, 2.45) is 0 Å². The van der Waals surface area contributed by atoms with Crippen molar-refractivity contribution in [2.75, 3.05) is 6.16 Å². The van der Waals surface area contributed by atoms with Gasteiger partial charge in [-0.25, -0.2) is 0 Å². The van der Waals surface area contributed by atoms with Gasteiger partial charge in [0.25, 0.3) is 0 Å². The van der Waals surface area contributed by atoms with Crippen LogP contribution in [0.5, 0.6) is 0 Å². The van der Waals surface area contributed by atoms with Crippen LogP contribution in [0.2, 0.25) is 5.02 Å². The van der Waals surface area contributed by atoms with Crippen LogP contribution in [0.1, 0.15) is 5.56 Å². The van der Waals surface area contributed by atoms with E-state index in [0.29, 0.717) is 0 Å². The topological polar surface area (TPSA) is 0 Å². The van der Waals surface area contributed by atoms with Crippen LogP contribution in [0.3, 0.4) is 0 Å². The molecule has 0 spiro atoms. The normalized spacial score (nSPS) is 10.9. The fourth-order valence-corrected chi connectivity index (χ4v) is 8.26. The van der Waals surface area contributed by atoms with Gasteiger partial charge < -0.3 is 17.0 Å². The monoisotopic (exact) mass is 480 g/mol. The molecule has 0 amide bonds. The highest BCUT2D eigenvalue weighted by molar-refractivity contribution is 7.95. The molecule has 0 radical (unpaired) electrons. The largest absolute Gasteiger partial charge is 1.00 e. The summed E-state index contributed by atoms with van der Waals surface area (Å²) in [4.78, 5) is 0. The molecule has 0 saturated carbocycles. The van der Waals surface area contributed by atoms with Gasteiger partial charge in [-0.05, 0) is 54.1 Å². The highest BCUT2D eigenvalue weighted by Gasteiger charge is 2.44. The Morgan fingerprint density at radius 1 is 0.517 bits per heavy atom. The summed E-state index contributed by atoms with van der Waals surface area (Å²) in [6.07, 6.45) is 2.11. The van der Waals surface area contributed by atoms with Crippen LogP contribution in [0.15, 0.2) is 115 Å². The number of hydrogen-bond acceptors (Lipinski definition) is 0. The lowest BCUT2D eigenvalue weighted by molar-refractivity contribution is -0.00000531. The van der Waals surface area contributed by atoms with Gasteiger partial charge in [-0.3, -0.25) is 0 Å². The Balaban J connectivity index is 0.00000240. The summed E-state index contributed by atoms with van der Waals surface area (Å²) in [6.45, 7) is 0. The van der Waals surface area contributed by atoms with Crippen LogP contribution >= 0.6 is 18.9 Å². The maximum Gasteiger partial charge on any atom is 0.112 e. The molecular weight excluding hydrogens is 459 g/mol. The van der Waals surface area contributed by atoms with Gasteiger partial charge in [-0.1, -0.05) is 78.3 Å². The zero-order chi connectivity index (χ0) is 19.2. The van der Waals surface area contributed by atoms with Crippen molar-refractivity contribution < 1.29 is 17.0 Å². The summed E-state index contributed by atoms with van der Waals surface area (Å²) in [5.74, 6) is 0. The van der Waals surface area contributed by atoms with Crippen molar-refractivity contribution in [3.8, 4) is 0 Å². The minimum absolute atomic E-state index is 0. The van der Waals surface area contributed by atoms with E-state index < -0.39 is 7.26 Å². The molecule has 29 heavy (non-hydrogen) atoms. The standard InChI is InChI=1S/C26H23ClP.BrH/c27-23-18-16-22(17-19-23)20-21-28(24-10-4-1-5-11-24,25-12-6-2-7-13-25)26-14-8-3-9-15-26;/h1-19H,20-21H2;1H/q+1;/p-1. The number of hydrogen-bond donors (Lipinski definition) is 0.